The molecule has 0 atom stereocenters. The van der Waals surface area contributed by atoms with Gasteiger partial charge in [-0.25, -0.2) is 0 Å². The van der Waals surface area contributed by atoms with Gasteiger partial charge in [-0.05, 0) is 13.0 Å². The van der Waals surface area contributed by atoms with Crippen molar-refractivity contribution in [2.45, 2.75) is 6.92 Å². The molecule has 21 heavy (non-hydrogen) atoms. The normalized spacial score (nSPS) is 9.76. The van der Waals surface area contributed by atoms with E-state index in [0.717, 1.165) is 12.1 Å². The van der Waals surface area contributed by atoms with Gasteiger partial charge < -0.3 is 10.1 Å². The van der Waals surface area contributed by atoms with Crippen LogP contribution in [-0.2, 0) is 9.53 Å². The predicted octanol–water partition coefficient (Wildman–Crippen LogP) is 0.796. The molecule has 1 N–H and O–H groups in total. The van der Waals surface area contributed by atoms with Crippen molar-refractivity contribution in [3.8, 4) is 0 Å². The maximum absolute atomic E-state index is 11.8. The van der Waals surface area contributed by atoms with Crippen LogP contribution in [-0.4, -0.2) is 34.9 Å². The molecule has 0 aliphatic heterocycles. The second-order valence-corrected chi connectivity index (χ2v) is 3.70. The number of benzene rings is 1. The van der Waals surface area contributed by atoms with E-state index < -0.39 is 39.6 Å². The molecule has 1 amide bonds. The average Bonchev–Trinajstić information content (AvgIpc) is 2.44. The summed E-state index contributed by atoms with van der Waals surface area (Å²) >= 11 is 0. The highest BCUT2D eigenvalue weighted by atomic mass is 16.6. The minimum atomic E-state index is -0.910. The Balaban J connectivity index is 2.96. The Morgan fingerprint density at radius 3 is 2.43 bits per heavy atom. The molecule has 0 aliphatic rings. The smallest absolute Gasteiger partial charge is 0.325 e. The zero-order valence-electron chi connectivity index (χ0n) is 10.9. The first-order valence-electron chi connectivity index (χ1n) is 5.73. The van der Waals surface area contributed by atoms with Crippen molar-refractivity contribution in [3.05, 3.63) is 44.0 Å². The number of nitrogens with zero attached hydrogens (tertiary/aromatic N) is 2. The van der Waals surface area contributed by atoms with Crippen molar-refractivity contribution in [2.75, 3.05) is 13.2 Å². The molecule has 0 aliphatic carbocycles. The van der Waals surface area contributed by atoms with Crippen LogP contribution in [0.15, 0.2) is 18.2 Å². The summed E-state index contributed by atoms with van der Waals surface area (Å²) in [5.74, 6) is -1.60. The summed E-state index contributed by atoms with van der Waals surface area (Å²) < 4.78 is 4.58. The molecule has 10 heteroatoms. The summed E-state index contributed by atoms with van der Waals surface area (Å²) in [6.07, 6.45) is 0. The summed E-state index contributed by atoms with van der Waals surface area (Å²) in [6.45, 7) is 1.26. The first-order valence-corrected chi connectivity index (χ1v) is 5.73. The Labute approximate surface area is 118 Å². The molecule has 1 aromatic carbocycles. The van der Waals surface area contributed by atoms with Gasteiger partial charge in [0.2, 0.25) is 0 Å². The third kappa shape index (κ3) is 4.23. The maximum Gasteiger partial charge on any atom is 0.325 e. The van der Waals surface area contributed by atoms with Crippen LogP contribution in [0.2, 0.25) is 0 Å². The lowest BCUT2D eigenvalue weighted by Crippen LogP contribution is -2.31. The quantitative estimate of drug-likeness (QED) is 0.464. The fourth-order valence-corrected chi connectivity index (χ4v) is 1.44. The van der Waals surface area contributed by atoms with E-state index in [1.165, 1.54) is 0 Å². The van der Waals surface area contributed by atoms with Crippen LogP contribution in [0.4, 0.5) is 11.4 Å². The molecule has 1 rings (SSSR count). The second kappa shape index (κ2) is 6.93. The molecular weight excluding hydrogens is 286 g/mol. The maximum atomic E-state index is 11.8. The molecule has 0 heterocycles. The number of carbonyl (C=O) groups excluding carboxylic acids is 2. The Morgan fingerprint density at radius 2 is 1.90 bits per heavy atom. The van der Waals surface area contributed by atoms with Crippen LogP contribution in [0.25, 0.3) is 0 Å². The average molecular weight is 297 g/mol. The number of nitrogens with one attached hydrogen (secondary N) is 1. The van der Waals surface area contributed by atoms with Crippen LogP contribution in [0, 0.1) is 20.2 Å². The van der Waals surface area contributed by atoms with Crippen LogP contribution in [0.3, 0.4) is 0 Å². The summed E-state index contributed by atoms with van der Waals surface area (Å²) in [7, 11) is 0. The third-order valence-corrected chi connectivity index (χ3v) is 2.33. The number of rotatable bonds is 6. The molecule has 112 valence electrons. The van der Waals surface area contributed by atoms with E-state index in [0.29, 0.717) is 6.07 Å². The van der Waals surface area contributed by atoms with E-state index in [9.17, 15) is 29.8 Å². The zero-order valence-corrected chi connectivity index (χ0v) is 10.9. The summed E-state index contributed by atoms with van der Waals surface area (Å²) in [6, 6.07) is 2.60. The van der Waals surface area contributed by atoms with Gasteiger partial charge in [-0.1, -0.05) is 0 Å². The van der Waals surface area contributed by atoms with Crippen LogP contribution in [0.1, 0.15) is 17.3 Å². The van der Waals surface area contributed by atoms with Gasteiger partial charge in [0.25, 0.3) is 17.3 Å². The topological polar surface area (TPSA) is 142 Å². The molecule has 0 fully saturated rings. The summed E-state index contributed by atoms with van der Waals surface area (Å²) in [5.41, 5.74) is -1.61. The number of amides is 1. The number of non-ortho nitro benzene ring substituents is 1. The number of nitro benzene ring substituents is 2. The minimum Gasteiger partial charge on any atom is -0.465 e. The molecule has 10 nitrogen and oxygen atoms in total. The number of ether oxygens (including phenoxy) is 1. The standard InChI is InChI=1S/C11H11N3O7/c1-2-21-10(15)6-12-11(16)8-4-3-7(13(17)18)5-9(8)14(19)20/h3-5H,2,6H2,1H3,(H,12,16). The number of carbonyl (C=O) groups is 2. The van der Waals surface area contributed by atoms with E-state index in [4.69, 9.17) is 0 Å². The number of hydrogen-bond acceptors (Lipinski definition) is 7. The van der Waals surface area contributed by atoms with Gasteiger partial charge in [0.15, 0.2) is 0 Å². The second-order valence-electron chi connectivity index (χ2n) is 3.70. The number of nitro groups is 2. The lowest BCUT2D eigenvalue weighted by molar-refractivity contribution is -0.394. The van der Waals surface area contributed by atoms with E-state index in [2.05, 4.69) is 10.1 Å². The van der Waals surface area contributed by atoms with E-state index in [1.807, 2.05) is 0 Å². The van der Waals surface area contributed by atoms with E-state index in [1.54, 1.807) is 6.92 Å². The lowest BCUT2D eigenvalue weighted by atomic mass is 10.1. The number of hydrogen-bond donors (Lipinski definition) is 1. The van der Waals surface area contributed by atoms with Gasteiger partial charge in [0.05, 0.1) is 22.5 Å². The summed E-state index contributed by atoms with van der Waals surface area (Å²) in [5, 5.41) is 23.6. The van der Waals surface area contributed by atoms with Crippen molar-refractivity contribution >= 4 is 23.3 Å². The molecule has 0 unspecified atom stereocenters. The van der Waals surface area contributed by atoms with Gasteiger partial charge in [-0.3, -0.25) is 29.8 Å². The molecule has 0 saturated carbocycles. The van der Waals surface area contributed by atoms with Gasteiger partial charge in [-0.2, -0.15) is 0 Å². The number of esters is 1. The van der Waals surface area contributed by atoms with Gasteiger partial charge in [0, 0.05) is 6.07 Å². The van der Waals surface area contributed by atoms with Crippen LogP contribution < -0.4 is 5.32 Å². The third-order valence-electron chi connectivity index (χ3n) is 2.33. The summed E-state index contributed by atoms with van der Waals surface area (Å²) in [4.78, 5) is 42.5. The zero-order chi connectivity index (χ0) is 16.0. The molecule has 0 saturated heterocycles. The lowest BCUT2D eigenvalue weighted by Gasteiger charge is -2.05. The Hall–Kier alpha value is -3.04. The molecule has 0 radical (unpaired) electrons. The molecule has 0 spiro atoms. The fourth-order valence-electron chi connectivity index (χ4n) is 1.44. The Morgan fingerprint density at radius 1 is 1.24 bits per heavy atom. The SMILES string of the molecule is CCOC(=O)CNC(=O)c1ccc([N+](=O)[O-])cc1[N+](=O)[O-]. The monoisotopic (exact) mass is 297 g/mol. The first-order chi connectivity index (χ1) is 9.86. The highest BCUT2D eigenvalue weighted by molar-refractivity contribution is 5.99. The van der Waals surface area contributed by atoms with Gasteiger partial charge >= 0.3 is 5.97 Å². The van der Waals surface area contributed by atoms with Crippen LogP contribution >= 0.6 is 0 Å². The van der Waals surface area contributed by atoms with Crippen molar-refractivity contribution in [3.63, 3.8) is 0 Å². The first kappa shape index (κ1) is 16.0. The molecule has 0 bridgehead atoms. The highest BCUT2D eigenvalue weighted by Crippen LogP contribution is 2.24. The van der Waals surface area contributed by atoms with E-state index >= 15 is 0 Å². The minimum absolute atomic E-state index is 0.131. The van der Waals surface area contributed by atoms with Gasteiger partial charge in [0.1, 0.15) is 12.1 Å². The van der Waals surface area contributed by atoms with Crippen molar-refractivity contribution in [1.29, 1.82) is 0 Å². The molecule has 1 aromatic rings. The largest absolute Gasteiger partial charge is 0.465 e. The Bertz CT molecular complexity index is 599. The van der Waals surface area contributed by atoms with Crippen LogP contribution in [0.5, 0.6) is 0 Å². The van der Waals surface area contributed by atoms with Crippen molar-refractivity contribution in [1.82, 2.24) is 5.32 Å². The molecular formula is C11H11N3O7. The fraction of sp³-hybridized carbons (Fsp3) is 0.273. The molecule has 0 aromatic heterocycles. The van der Waals surface area contributed by atoms with Crippen molar-refractivity contribution in [2.24, 2.45) is 0 Å². The van der Waals surface area contributed by atoms with Crippen molar-refractivity contribution < 1.29 is 24.2 Å². The van der Waals surface area contributed by atoms with E-state index in [-0.39, 0.29) is 12.2 Å². The van der Waals surface area contributed by atoms with Gasteiger partial charge in [-0.15, -0.1) is 0 Å². The Kier molecular flexibility index (Phi) is 5.29. The predicted molar refractivity (Wildman–Crippen MR) is 68.7 cm³/mol. The highest BCUT2D eigenvalue weighted by Gasteiger charge is 2.24.